The molecule has 0 saturated carbocycles. The maximum atomic E-state index is 3.52. The zero-order valence-electron chi connectivity index (χ0n) is 12.2. The summed E-state index contributed by atoms with van der Waals surface area (Å²) in [6.45, 7) is 17.7. The standard InChI is InChI=1S/C14H31N3/c1-5-17-10-9-16(12-14(17)4)8-6-7-15-11-13(2)3/h13-15H,5-12H2,1-4H3. The Morgan fingerprint density at radius 2 is 2.06 bits per heavy atom. The number of piperazine rings is 1. The van der Waals surface area contributed by atoms with Crippen molar-refractivity contribution in [2.45, 2.75) is 40.2 Å². The van der Waals surface area contributed by atoms with Gasteiger partial charge in [0.1, 0.15) is 0 Å². The molecule has 0 aliphatic carbocycles. The smallest absolute Gasteiger partial charge is 0.0195 e. The lowest BCUT2D eigenvalue weighted by molar-refractivity contribution is 0.0874. The van der Waals surface area contributed by atoms with Gasteiger partial charge in [-0.05, 0) is 45.4 Å². The molecule has 0 spiro atoms. The van der Waals surface area contributed by atoms with Crippen LogP contribution in [0, 0.1) is 5.92 Å². The summed E-state index contributed by atoms with van der Waals surface area (Å²) in [6, 6.07) is 0.734. The Morgan fingerprint density at radius 1 is 1.29 bits per heavy atom. The first-order valence-corrected chi connectivity index (χ1v) is 7.30. The van der Waals surface area contributed by atoms with Crippen LogP contribution in [0.4, 0.5) is 0 Å². The van der Waals surface area contributed by atoms with Gasteiger partial charge in [0.15, 0.2) is 0 Å². The summed E-state index contributed by atoms with van der Waals surface area (Å²) in [4.78, 5) is 5.20. The molecule has 17 heavy (non-hydrogen) atoms. The lowest BCUT2D eigenvalue weighted by Gasteiger charge is -2.39. The average molecular weight is 241 g/mol. The van der Waals surface area contributed by atoms with E-state index < -0.39 is 0 Å². The molecule has 0 aromatic rings. The fourth-order valence-corrected chi connectivity index (χ4v) is 2.56. The lowest BCUT2D eigenvalue weighted by Crippen LogP contribution is -2.51. The third-order valence-electron chi connectivity index (χ3n) is 3.64. The summed E-state index contributed by atoms with van der Waals surface area (Å²) in [5.41, 5.74) is 0. The molecule has 1 saturated heterocycles. The van der Waals surface area contributed by atoms with Crippen LogP contribution < -0.4 is 5.32 Å². The van der Waals surface area contributed by atoms with E-state index in [1.165, 1.54) is 45.7 Å². The van der Waals surface area contributed by atoms with Crippen LogP contribution in [-0.4, -0.2) is 61.7 Å². The summed E-state index contributed by atoms with van der Waals surface area (Å²) in [6.07, 6.45) is 1.28. The predicted molar refractivity (Wildman–Crippen MR) is 75.5 cm³/mol. The molecule has 1 atom stereocenters. The van der Waals surface area contributed by atoms with E-state index in [0.29, 0.717) is 0 Å². The normalized spacial score (nSPS) is 23.5. The van der Waals surface area contributed by atoms with Crippen LogP contribution in [0.5, 0.6) is 0 Å². The number of hydrogen-bond acceptors (Lipinski definition) is 3. The van der Waals surface area contributed by atoms with Crippen molar-refractivity contribution in [1.82, 2.24) is 15.1 Å². The van der Waals surface area contributed by atoms with Crippen molar-refractivity contribution in [3.8, 4) is 0 Å². The number of nitrogens with zero attached hydrogens (tertiary/aromatic N) is 2. The van der Waals surface area contributed by atoms with Crippen molar-refractivity contribution in [2.24, 2.45) is 5.92 Å². The van der Waals surface area contributed by atoms with Gasteiger partial charge in [-0.3, -0.25) is 4.90 Å². The minimum atomic E-state index is 0.734. The molecule has 1 aliphatic rings. The molecule has 0 aromatic heterocycles. The van der Waals surface area contributed by atoms with Gasteiger partial charge < -0.3 is 10.2 Å². The van der Waals surface area contributed by atoms with Crippen LogP contribution in [0.15, 0.2) is 0 Å². The minimum Gasteiger partial charge on any atom is -0.316 e. The van der Waals surface area contributed by atoms with Crippen molar-refractivity contribution in [3.05, 3.63) is 0 Å². The summed E-state index contributed by atoms with van der Waals surface area (Å²) in [5, 5.41) is 3.52. The zero-order valence-corrected chi connectivity index (χ0v) is 12.2. The number of hydrogen-bond donors (Lipinski definition) is 1. The van der Waals surface area contributed by atoms with Crippen LogP contribution in [-0.2, 0) is 0 Å². The van der Waals surface area contributed by atoms with Gasteiger partial charge in [0.05, 0.1) is 0 Å². The summed E-state index contributed by atoms with van der Waals surface area (Å²) < 4.78 is 0. The first kappa shape index (κ1) is 14.9. The first-order chi connectivity index (χ1) is 8.13. The molecule has 1 heterocycles. The van der Waals surface area contributed by atoms with E-state index in [1.54, 1.807) is 0 Å². The molecule has 1 N–H and O–H groups in total. The molecule has 3 nitrogen and oxygen atoms in total. The molecule has 0 bridgehead atoms. The molecule has 1 aliphatic heterocycles. The average Bonchev–Trinajstić information content (AvgIpc) is 2.28. The molecule has 102 valence electrons. The Labute approximate surface area is 108 Å². The third kappa shape index (κ3) is 5.84. The molecule has 0 aromatic carbocycles. The Bertz CT molecular complexity index is 194. The summed E-state index contributed by atoms with van der Waals surface area (Å²) in [5.74, 6) is 0.767. The SMILES string of the molecule is CCN1CCN(CCCNCC(C)C)CC1C. The van der Waals surface area contributed by atoms with Crippen LogP contribution in [0.3, 0.4) is 0 Å². The Kier molecular flexibility index (Phi) is 7.09. The van der Waals surface area contributed by atoms with Crippen molar-refractivity contribution in [2.75, 3.05) is 45.8 Å². The second-order valence-corrected chi connectivity index (χ2v) is 5.73. The summed E-state index contributed by atoms with van der Waals surface area (Å²) in [7, 11) is 0. The van der Waals surface area contributed by atoms with Gasteiger partial charge in [0, 0.05) is 25.7 Å². The monoisotopic (exact) mass is 241 g/mol. The van der Waals surface area contributed by atoms with Gasteiger partial charge in [0.2, 0.25) is 0 Å². The van der Waals surface area contributed by atoms with E-state index in [-0.39, 0.29) is 0 Å². The van der Waals surface area contributed by atoms with Crippen LogP contribution in [0.2, 0.25) is 0 Å². The zero-order chi connectivity index (χ0) is 12.7. The Morgan fingerprint density at radius 3 is 2.65 bits per heavy atom. The quantitative estimate of drug-likeness (QED) is 0.684. The molecule has 0 amide bonds. The number of rotatable bonds is 7. The Hall–Kier alpha value is -0.120. The van der Waals surface area contributed by atoms with Crippen molar-refractivity contribution in [3.63, 3.8) is 0 Å². The molecule has 0 radical (unpaired) electrons. The number of nitrogens with one attached hydrogen (secondary N) is 1. The second-order valence-electron chi connectivity index (χ2n) is 5.73. The van der Waals surface area contributed by atoms with E-state index in [1.807, 2.05) is 0 Å². The molecular weight excluding hydrogens is 210 g/mol. The highest BCUT2D eigenvalue weighted by molar-refractivity contribution is 4.78. The lowest BCUT2D eigenvalue weighted by atomic mass is 10.2. The van der Waals surface area contributed by atoms with Crippen LogP contribution in [0.1, 0.15) is 34.1 Å². The van der Waals surface area contributed by atoms with Gasteiger partial charge in [-0.25, -0.2) is 0 Å². The minimum absolute atomic E-state index is 0.734. The fraction of sp³-hybridized carbons (Fsp3) is 1.00. The van der Waals surface area contributed by atoms with Gasteiger partial charge in [-0.2, -0.15) is 0 Å². The molecule has 1 rings (SSSR count). The Balaban J connectivity index is 2.05. The van der Waals surface area contributed by atoms with E-state index in [4.69, 9.17) is 0 Å². The molecule has 1 fully saturated rings. The van der Waals surface area contributed by atoms with Crippen molar-refractivity contribution < 1.29 is 0 Å². The van der Waals surface area contributed by atoms with Gasteiger partial charge in [-0.1, -0.05) is 20.8 Å². The summed E-state index contributed by atoms with van der Waals surface area (Å²) >= 11 is 0. The topological polar surface area (TPSA) is 18.5 Å². The predicted octanol–water partition coefficient (Wildman–Crippen LogP) is 1.65. The maximum Gasteiger partial charge on any atom is 0.0195 e. The molecular formula is C14H31N3. The van der Waals surface area contributed by atoms with E-state index in [0.717, 1.165) is 18.5 Å². The highest BCUT2D eigenvalue weighted by Crippen LogP contribution is 2.08. The third-order valence-corrected chi connectivity index (χ3v) is 3.64. The van der Waals surface area contributed by atoms with Gasteiger partial charge in [0.25, 0.3) is 0 Å². The van der Waals surface area contributed by atoms with E-state index >= 15 is 0 Å². The second kappa shape index (κ2) is 8.06. The van der Waals surface area contributed by atoms with Gasteiger partial charge in [-0.15, -0.1) is 0 Å². The number of likely N-dealkylation sites (N-methyl/N-ethyl adjacent to an activating group) is 1. The van der Waals surface area contributed by atoms with Gasteiger partial charge >= 0.3 is 0 Å². The van der Waals surface area contributed by atoms with Crippen LogP contribution in [0.25, 0.3) is 0 Å². The van der Waals surface area contributed by atoms with E-state index in [2.05, 4.69) is 42.8 Å². The fourth-order valence-electron chi connectivity index (χ4n) is 2.56. The largest absolute Gasteiger partial charge is 0.316 e. The highest BCUT2D eigenvalue weighted by atomic mass is 15.3. The first-order valence-electron chi connectivity index (χ1n) is 7.30. The maximum absolute atomic E-state index is 3.52. The van der Waals surface area contributed by atoms with Crippen LogP contribution >= 0.6 is 0 Å². The van der Waals surface area contributed by atoms with Crippen molar-refractivity contribution >= 4 is 0 Å². The highest BCUT2D eigenvalue weighted by Gasteiger charge is 2.21. The van der Waals surface area contributed by atoms with E-state index in [9.17, 15) is 0 Å². The molecule has 1 unspecified atom stereocenters. The molecule has 3 heteroatoms. The van der Waals surface area contributed by atoms with Crippen molar-refractivity contribution in [1.29, 1.82) is 0 Å².